The first-order valence-corrected chi connectivity index (χ1v) is 4.65. The van der Waals surface area contributed by atoms with E-state index in [9.17, 15) is 4.39 Å². The fourth-order valence-corrected chi connectivity index (χ4v) is 1.41. The third-order valence-corrected chi connectivity index (χ3v) is 2.27. The summed E-state index contributed by atoms with van der Waals surface area (Å²) in [5, 5.41) is 0.705. The molecule has 0 bridgehead atoms. The van der Waals surface area contributed by atoms with Crippen molar-refractivity contribution in [3.05, 3.63) is 59.4 Å². The van der Waals surface area contributed by atoms with Gasteiger partial charge in [0.1, 0.15) is 5.82 Å². The SMILES string of the molecule is [18F]c1ccc(-c2ccc(Cl)cc2)cc1. The summed E-state index contributed by atoms with van der Waals surface area (Å²) < 4.78 is 12.6. The van der Waals surface area contributed by atoms with Gasteiger partial charge in [0.15, 0.2) is 0 Å². The average molecular weight is 206 g/mol. The molecule has 2 rings (SSSR count). The van der Waals surface area contributed by atoms with E-state index in [2.05, 4.69) is 0 Å². The second kappa shape index (κ2) is 3.81. The molecular formula is C12H8ClF. The van der Waals surface area contributed by atoms with Crippen molar-refractivity contribution in [1.82, 2.24) is 0 Å². The number of halogens is 2. The van der Waals surface area contributed by atoms with Crippen LogP contribution < -0.4 is 0 Å². The lowest BCUT2D eigenvalue weighted by molar-refractivity contribution is 0.628. The summed E-state index contributed by atoms with van der Waals surface area (Å²) in [6.07, 6.45) is 0. The highest BCUT2D eigenvalue weighted by molar-refractivity contribution is 6.30. The molecule has 2 heteroatoms. The number of rotatable bonds is 1. The van der Waals surface area contributed by atoms with Gasteiger partial charge in [0.2, 0.25) is 0 Å². The van der Waals surface area contributed by atoms with Crippen LogP contribution in [0.5, 0.6) is 0 Å². The van der Waals surface area contributed by atoms with Crippen LogP contribution in [0.2, 0.25) is 5.02 Å². The van der Waals surface area contributed by atoms with E-state index in [1.165, 1.54) is 12.1 Å². The van der Waals surface area contributed by atoms with Gasteiger partial charge in [-0.3, -0.25) is 0 Å². The standard InChI is InChI=1S/C12H8ClF/c13-11-5-1-9(2-6-11)10-3-7-12(14)8-4-10/h1-8H/i14-1. The second-order valence-electron chi connectivity index (χ2n) is 3.01. The van der Waals surface area contributed by atoms with Crippen molar-refractivity contribution in [2.75, 3.05) is 0 Å². The maximum atomic E-state index is 12.6. The van der Waals surface area contributed by atoms with Crippen LogP contribution in [0.25, 0.3) is 11.1 Å². The minimum absolute atomic E-state index is 0.220. The van der Waals surface area contributed by atoms with E-state index in [4.69, 9.17) is 11.6 Å². The smallest absolute Gasteiger partial charge is 0.123 e. The van der Waals surface area contributed by atoms with Crippen molar-refractivity contribution in [3.63, 3.8) is 0 Å². The summed E-state index contributed by atoms with van der Waals surface area (Å²) in [5.41, 5.74) is 2.03. The lowest BCUT2D eigenvalue weighted by Gasteiger charge is -2.00. The molecule has 0 radical (unpaired) electrons. The van der Waals surface area contributed by atoms with Gasteiger partial charge in [-0.15, -0.1) is 0 Å². The Bertz CT molecular complexity index is 374. The number of hydrogen-bond acceptors (Lipinski definition) is 0. The number of benzene rings is 2. The molecule has 70 valence electrons. The Hall–Kier alpha value is -1.34. The molecule has 0 aliphatic carbocycles. The van der Waals surface area contributed by atoms with E-state index in [0.717, 1.165) is 11.1 Å². The zero-order valence-electron chi connectivity index (χ0n) is 7.37. The van der Waals surface area contributed by atoms with Crippen LogP contribution in [0.3, 0.4) is 0 Å². The van der Waals surface area contributed by atoms with E-state index in [1.54, 1.807) is 12.1 Å². The van der Waals surface area contributed by atoms with E-state index >= 15 is 0 Å². The summed E-state index contributed by atoms with van der Waals surface area (Å²) in [7, 11) is 0. The van der Waals surface area contributed by atoms with Gasteiger partial charge in [-0.1, -0.05) is 35.9 Å². The van der Waals surface area contributed by atoms with Crippen molar-refractivity contribution >= 4 is 11.6 Å². The molecule has 0 aliphatic rings. The Morgan fingerprint density at radius 2 is 1.14 bits per heavy atom. The highest BCUT2D eigenvalue weighted by Crippen LogP contribution is 2.21. The maximum Gasteiger partial charge on any atom is 0.123 e. The predicted octanol–water partition coefficient (Wildman–Crippen LogP) is 4.15. The summed E-state index contributed by atoms with van der Waals surface area (Å²) in [4.78, 5) is 0. The monoisotopic (exact) mass is 205 g/mol. The Morgan fingerprint density at radius 3 is 1.64 bits per heavy atom. The molecule has 0 nitrogen and oxygen atoms in total. The molecule has 0 heterocycles. The topological polar surface area (TPSA) is 0 Å². The van der Waals surface area contributed by atoms with Gasteiger partial charge in [-0.25, -0.2) is 4.39 Å². The molecule has 0 spiro atoms. The largest absolute Gasteiger partial charge is 0.207 e. The first-order valence-electron chi connectivity index (χ1n) is 4.27. The van der Waals surface area contributed by atoms with Crippen molar-refractivity contribution in [3.8, 4) is 11.1 Å². The van der Waals surface area contributed by atoms with Crippen LogP contribution >= 0.6 is 11.6 Å². The lowest BCUT2D eigenvalue weighted by atomic mass is 10.1. The normalized spacial score (nSPS) is 10.1. The fourth-order valence-electron chi connectivity index (χ4n) is 1.28. The summed E-state index contributed by atoms with van der Waals surface area (Å²) >= 11 is 5.76. The molecular weight excluding hydrogens is 198 g/mol. The Morgan fingerprint density at radius 1 is 0.714 bits per heavy atom. The van der Waals surface area contributed by atoms with Crippen molar-refractivity contribution in [1.29, 1.82) is 0 Å². The van der Waals surface area contributed by atoms with Gasteiger partial charge in [-0.05, 0) is 35.4 Å². The molecule has 0 fully saturated rings. The average Bonchev–Trinajstić information content (AvgIpc) is 2.21. The predicted molar refractivity (Wildman–Crippen MR) is 56.8 cm³/mol. The molecule has 2 aromatic carbocycles. The van der Waals surface area contributed by atoms with Gasteiger partial charge in [0.05, 0.1) is 0 Å². The van der Waals surface area contributed by atoms with Crippen LogP contribution in [-0.4, -0.2) is 0 Å². The second-order valence-corrected chi connectivity index (χ2v) is 3.45. The minimum atomic E-state index is -0.220. The van der Waals surface area contributed by atoms with E-state index in [-0.39, 0.29) is 5.82 Å². The zero-order chi connectivity index (χ0) is 9.97. The molecule has 0 saturated carbocycles. The summed E-state index contributed by atoms with van der Waals surface area (Å²) in [6, 6.07) is 13.9. The molecule has 14 heavy (non-hydrogen) atoms. The van der Waals surface area contributed by atoms with Crippen molar-refractivity contribution < 1.29 is 4.39 Å². The van der Waals surface area contributed by atoms with Crippen LogP contribution in [-0.2, 0) is 0 Å². The number of hydrogen-bond donors (Lipinski definition) is 0. The molecule has 0 aromatic heterocycles. The van der Waals surface area contributed by atoms with E-state index in [1.807, 2.05) is 24.3 Å². The molecule has 2 aromatic rings. The fraction of sp³-hybridized carbons (Fsp3) is 0. The molecule has 0 unspecified atom stereocenters. The van der Waals surface area contributed by atoms with Gasteiger partial charge in [0, 0.05) is 5.02 Å². The van der Waals surface area contributed by atoms with E-state index in [0.29, 0.717) is 5.02 Å². The van der Waals surface area contributed by atoms with Gasteiger partial charge >= 0.3 is 0 Å². The third kappa shape index (κ3) is 1.94. The van der Waals surface area contributed by atoms with Gasteiger partial charge < -0.3 is 0 Å². The highest BCUT2D eigenvalue weighted by atomic mass is 35.5. The summed E-state index contributed by atoms with van der Waals surface area (Å²) in [6.45, 7) is 0. The maximum absolute atomic E-state index is 12.6. The van der Waals surface area contributed by atoms with E-state index < -0.39 is 0 Å². The van der Waals surface area contributed by atoms with Crippen molar-refractivity contribution in [2.24, 2.45) is 0 Å². The van der Waals surface area contributed by atoms with Crippen LogP contribution in [0.15, 0.2) is 48.5 Å². The highest BCUT2D eigenvalue weighted by Gasteiger charge is 1.97. The molecule has 0 atom stereocenters. The van der Waals surface area contributed by atoms with Gasteiger partial charge in [0.25, 0.3) is 0 Å². The Kier molecular flexibility index (Phi) is 2.51. The Balaban J connectivity index is 2.40. The van der Waals surface area contributed by atoms with Crippen LogP contribution in [0.1, 0.15) is 0 Å². The van der Waals surface area contributed by atoms with Gasteiger partial charge in [-0.2, -0.15) is 0 Å². The van der Waals surface area contributed by atoms with Crippen LogP contribution in [0, 0.1) is 5.82 Å². The first kappa shape index (κ1) is 9.22. The van der Waals surface area contributed by atoms with Crippen LogP contribution in [0.4, 0.5) is 4.39 Å². The first-order chi connectivity index (χ1) is 6.75. The quantitative estimate of drug-likeness (QED) is 0.656. The van der Waals surface area contributed by atoms with Crippen molar-refractivity contribution in [2.45, 2.75) is 0 Å². The zero-order valence-corrected chi connectivity index (χ0v) is 8.13. The minimum Gasteiger partial charge on any atom is -0.207 e. The third-order valence-electron chi connectivity index (χ3n) is 2.02. The molecule has 0 aliphatic heterocycles. The lowest BCUT2D eigenvalue weighted by Crippen LogP contribution is -1.78. The summed E-state index contributed by atoms with van der Waals surface area (Å²) in [5.74, 6) is -0.220. The Labute approximate surface area is 87.0 Å². The molecule has 0 amide bonds. The molecule has 0 N–H and O–H groups in total. The molecule has 0 saturated heterocycles.